The fourth-order valence-electron chi connectivity index (χ4n) is 3.88. The van der Waals surface area contributed by atoms with Crippen LogP contribution in [0.1, 0.15) is 50.2 Å². The molecule has 0 aromatic heterocycles. The normalized spacial score (nSPS) is 14.9. The summed E-state index contributed by atoms with van der Waals surface area (Å²) in [5.41, 5.74) is 2.20. The molecule has 0 heterocycles. The lowest BCUT2D eigenvalue weighted by Gasteiger charge is -2.30. The van der Waals surface area contributed by atoms with E-state index >= 15 is 0 Å². The predicted molar refractivity (Wildman–Crippen MR) is 128 cm³/mol. The van der Waals surface area contributed by atoms with Crippen LogP contribution in [-0.4, -0.2) is 34.6 Å². The van der Waals surface area contributed by atoms with Crippen LogP contribution in [0.3, 0.4) is 0 Å². The van der Waals surface area contributed by atoms with E-state index in [2.05, 4.69) is 5.32 Å². The van der Waals surface area contributed by atoms with Crippen molar-refractivity contribution >= 4 is 35.2 Å². The summed E-state index contributed by atoms with van der Waals surface area (Å²) in [4.78, 5) is 28.9. The number of thioether (sulfide) groups is 1. The van der Waals surface area contributed by atoms with Gasteiger partial charge in [-0.3, -0.25) is 9.59 Å². The summed E-state index contributed by atoms with van der Waals surface area (Å²) >= 11 is 7.57. The lowest BCUT2D eigenvalue weighted by molar-refractivity contribution is -0.140. The van der Waals surface area contributed by atoms with Gasteiger partial charge in [-0.05, 0) is 62.1 Å². The molecule has 4 nitrogen and oxygen atoms in total. The number of amides is 2. The number of halogens is 1. The molecule has 0 unspecified atom stereocenters. The molecule has 1 saturated carbocycles. The van der Waals surface area contributed by atoms with E-state index in [-0.39, 0.29) is 17.9 Å². The van der Waals surface area contributed by atoms with Crippen LogP contribution in [-0.2, 0) is 16.1 Å². The lowest BCUT2D eigenvalue weighted by Crippen LogP contribution is -2.49. The highest BCUT2D eigenvalue weighted by atomic mass is 35.5. The molecule has 1 fully saturated rings. The van der Waals surface area contributed by atoms with Crippen LogP contribution in [0.15, 0.2) is 53.4 Å². The Kier molecular flexibility index (Phi) is 8.85. The first kappa shape index (κ1) is 23.7. The molecule has 2 aromatic rings. The zero-order chi connectivity index (χ0) is 22.2. The van der Waals surface area contributed by atoms with Gasteiger partial charge in [-0.15, -0.1) is 11.8 Å². The molecule has 2 aromatic carbocycles. The van der Waals surface area contributed by atoms with Crippen molar-refractivity contribution in [1.82, 2.24) is 10.2 Å². The maximum atomic E-state index is 13.2. The Labute approximate surface area is 194 Å². The van der Waals surface area contributed by atoms with Crippen molar-refractivity contribution < 1.29 is 9.59 Å². The van der Waals surface area contributed by atoms with Gasteiger partial charge in [-0.25, -0.2) is 0 Å². The van der Waals surface area contributed by atoms with E-state index in [4.69, 9.17) is 11.6 Å². The Balaban J connectivity index is 1.66. The fraction of sp³-hybridized carbons (Fsp3) is 0.440. The number of benzene rings is 2. The van der Waals surface area contributed by atoms with Crippen LogP contribution in [0.25, 0.3) is 0 Å². The number of aryl methyl sites for hydroxylation is 1. The second-order valence-electron chi connectivity index (χ2n) is 8.17. The molecule has 0 radical (unpaired) electrons. The number of carbonyl (C=O) groups is 2. The molecule has 0 saturated heterocycles. The standard InChI is InChI=1S/C25H31ClN2O2S/c1-18-7-3-4-8-20(18)17-28(19(2)25(30)27-22-9-5-6-10-22)24(29)15-16-31-23-13-11-21(26)12-14-23/h3-4,7-8,11-14,19,22H,5-6,9-10,15-17H2,1-2H3,(H,27,30)/t19-/m0/s1. The average Bonchev–Trinajstić information content (AvgIpc) is 3.27. The molecule has 1 atom stereocenters. The molecule has 31 heavy (non-hydrogen) atoms. The monoisotopic (exact) mass is 458 g/mol. The minimum Gasteiger partial charge on any atom is -0.352 e. The summed E-state index contributed by atoms with van der Waals surface area (Å²) in [5.74, 6) is 0.597. The Bertz CT molecular complexity index is 881. The van der Waals surface area contributed by atoms with Crippen molar-refractivity contribution in [1.29, 1.82) is 0 Å². The summed E-state index contributed by atoms with van der Waals surface area (Å²) in [6, 6.07) is 15.4. The van der Waals surface area contributed by atoms with Crippen molar-refractivity contribution in [2.75, 3.05) is 5.75 Å². The summed E-state index contributed by atoms with van der Waals surface area (Å²) < 4.78 is 0. The largest absolute Gasteiger partial charge is 0.352 e. The van der Waals surface area contributed by atoms with Gasteiger partial charge < -0.3 is 10.2 Å². The molecule has 2 amide bonds. The molecule has 1 aliphatic carbocycles. The summed E-state index contributed by atoms with van der Waals surface area (Å²) in [7, 11) is 0. The van der Waals surface area contributed by atoms with Crippen molar-refractivity contribution in [3.8, 4) is 0 Å². The van der Waals surface area contributed by atoms with E-state index in [0.29, 0.717) is 23.7 Å². The van der Waals surface area contributed by atoms with Gasteiger partial charge in [0.05, 0.1) is 0 Å². The van der Waals surface area contributed by atoms with E-state index in [1.807, 2.05) is 62.4 Å². The first-order chi connectivity index (χ1) is 14.9. The molecule has 1 N–H and O–H groups in total. The molecule has 0 aliphatic heterocycles. The van der Waals surface area contributed by atoms with E-state index in [1.165, 1.54) is 0 Å². The van der Waals surface area contributed by atoms with E-state index in [1.54, 1.807) is 16.7 Å². The Morgan fingerprint density at radius 2 is 1.81 bits per heavy atom. The molecule has 3 rings (SSSR count). The predicted octanol–water partition coefficient (Wildman–Crippen LogP) is 5.61. The van der Waals surface area contributed by atoms with Crippen LogP contribution >= 0.6 is 23.4 Å². The van der Waals surface area contributed by atoms with Crippen molar-refractivity contribution in [2.45, 2.75) is 69.5 Å². The van der Waals surface area contributed by atoms with Gasteiger partial charge >= 0.3 is 0 Å². The topological polar surface area (TPSA) is 49.4 Å². The van der Waals surface area contributed by atoms with Crippen molar-refractivity contribution in [3.05, 3.63) is 64.7 Å². The maximum Gasteiger partial charge on any atom is 0.242 e. The van der Waals surface area contributed by atoms with Crippen LogP contribution in [0, 0.1) is 6.92 Å². The zero-order valence-corrected chi connectivity index (χ0v) is 19.8. The molecular formula is C25H31ClN2O2S. The third kappa shape index (κ3) is 7.01. The molecule has 1 aliphatic rings. The Hall–Kier alpha value is -1.98. The molecule has 166 valence electrons. The highest BCUT2D eigenvalue weighted by Crippen LogP contribution is 2.23. The van der Waals surface area contributed by atoms with Gasteiger partial charge in [0.2, 0.25) is 11.8 Å². The SMILES string of the molecule is Cc1ccccc1CN(C(=O)CCSc1ccc(Cl)cc1)[C@@H](C)C(=O)NC1CCCC1. The van der Waals surface area contributed by atoms with Crippen LogP contribution in [0.4, 0.5) is 0 Å². The van der Waals surface area contributed by atoms with Crippen LogP contribution in [0.5, 0.6) is 0 Å². The van der Waals surface area contributed by atoms with E-state index in [0.717, 1.165) is 41.7 Å². The average molecular weight is 459 g/mol. The Morgan fingerprint density at radius 1 is 1.13 bits per heavy atom. The smallest absolute Gasteiger partial charge is 0.242 e. The number of rotatable bonds is 9. The van der Waals surface area contributed by atoms with E-state index in [9.17, 15) is 9.59 Å². The van der Waals surface area contributed by atoms with Crippen molar-refractivity contribution in [3.63, 3.8) is 0 Å². The highest BCUT2D eigenvalue weighted by Gasteiger charge is 2.28. The quantitative estimate of drug-likeness (QED) is 0.497. The second-order valence-corrected chi connectivity index (χ2v) is 9.77. The molecule has 6 heteroatoms. The van der Waals surface area contributed by atoms with Gasteiger partial charge in [0.15, 0.2) is 0 Å². The summed E-state index contributed by atoms with van der Waals surface area (Å²) in [6.45, 7) is 4.32. The molecule has 0 spiro atoms. The summed E-state index contributed by atoms with van der Waals surface area (Å²) in [5, 5.41) is 3.85. The third-order valence-corrected chi connectivity index (χ3v) is 7.13. The number of hydrogen-bond donors (Lipinski definition) is 1. The van der Waals surface area contributed by atoms with Gasteiger partial charge in [0, 0.05) is 34.7 Å². The second kappa shape index (κ2) is 11.6. The third-order valence-electron chi connectivity index (χ3n) is 5.87. The first-order valence-corrected chi connectivity index (χ1v) is 12.3. The van der Waals surface area contributed by atoms with E-state index < -0.39 is 6.04 Å². The molecular weight excluding hydrogens is 428 g/mol. The number of nitrogens with zero attached hydrogens (tertiary/aromatic N) is 1. The first-order valence-electron chi connectivity index (χ1n) is 11.0. The van der Waals surface area contributed by atoms with Crippen LogP contribution < -0.4 is 5.32 Å². The lowest BCUT2D eigenvalue weighted by atomic mass is 10.1. The van der Waals surface area contributed by atoms with Gasteiger partial charge in [-0.2, -0.15) is 0 Å². The minimum atomic E-state index is -0.506. The number of nitrogens with one attached hydrogen (secondary N) is 1. The number of hydrogen-bond acceptors (Lipinski definition) is 3. The zero-order valence-electron chi connectivity index (χ0n) is 18.3. The fourth-order valence-corrected chi connectivity index (χ4v) is 4.84. The maximum absolute atomic E-state index is 13.2. The molecule has 0 bridgehead atoms. The van der Waals surface area contributed by atoms with Crippen LogP contribution in [0.2, 0.25) is 5.02 Å². The minimum absolute atomic E-state index is 0.00112. The Morgan fingerprint density at radius 3 is 2.48 bits per heavy atom. The van der Waals surface area contributed by atoms with Gasteiger partial charge in [0.1, 0.15) is 6.04 Å². The van der Waals surface area contributed by atoms with Crippen molar-refractivity contribution in [2.24, 2.45) is 0 Å². The number of carbonyl (C=O) groups excluding carboxylic acids is 2. The van der Waals surface area contributed by atoms with Gasteiger partial charge in [-0.1, -0.05) is 48.7 Å². The summed E-state index contributed by atoms with van der Waals surface area (Å²) in [6.07, 6.45) is 4.75. The highest BCUT2D eigenvalue weighted by molar-refractivity contribution is 7.99. The van der Waals surface area contributed by atoms with Gasteiger partial charge in [0.25, 0.3) is 0 Å².